The first kappa shape index (κ1) is 21.1. The summed E-state index contributed by atoms with van der Waals surface area (Å²) in [6, 6.07) is -1.13. The Bertz CT molecular complexity index is 647. The molecule has 0 saturated carbocycles. The Morgan fingerprint density at radius 2 is 2.07 bits per heavy atom. The lowest BCUT2D eigenvalue weighted by Crippen LogP contribution is -2.57. The summed E-state index contributed by atoms with van der Waals surface area (Å²) in [6.45, 7) is 3.65. The molecule has 2 heterocycles. The molecule has 0 radical (unpaired) electrons. The van der Waals surface area contributed by atoms with Crippen molar-refractivity contribution in [3.8, 4) is 0 Å². The molecular formula is C17H21F3N2O5. The molecule has 4 atom stereocenters. The maximum absolute atomic E-state index is 12.4. The number of amides is 1. The normalized spacial score (nSPS) is 27.1. The summed E-state index contributed by atoms with van der Waals surface area (Å²) in [5, 5.41) is 2.67. The fraction of sp³-hybridized carbons (Fsp3) is 0.588. The van der Waals surface area contributed by atoms with Crippen LogP contribution < -0.4 is 5.32 Å². The Labute approximate surface area is 154 Å². The van der Waals surface area contributed by atoms with Crippen molar-refractivity contribution in [2.75, 3.05) is 13.2 Å². The molecule has 2 aliphatic heterocycles. The summed E-state index contributed by atoms with van der Waals surface area (Å²) in [6.07, 6.45) is 0.532. The molecule has 0 aromatic heterocycles. The molecule has 0 aromatic carbocycles. The van der Waals surface area contributed by atoms with Gasteiger partial charge in [-0.15, -0.1) is 0 Å². The molecule has 1 saturated heterocycles. The van der Waals surface area contributed by atoms with E-state index < -0.39 is 42.3 Å². The van der Waals surface area contributed by atoms with Crippen LogP contribution in [0.25, 0.3) is 0 Å². The summed E-state index contributed by atoms with van der Waals surface area (Å²) in [5.41, 5.74) is 0. The minimum absolute atomic E-state index is 0.154. The van der Waals surface area contributed by atoms with Crippen molar-refractivity contribution >= 4 is 17.8 Å². The quantitative estimate of drug-likeness (QED) is 0.433. The number of esters is 2. The molecule has 1 N–H and O–H groups in total. The van der Waals surface area contributed by atoms with Crippen LogP contribution in [-0.4, -0.2) is 60.4 Å². The number of allylic oxidation sites excluding steroid dienone is 1. The first-order valence-electron chi connectivity index (χ1n) is 8.40. The van der Waals surface area contributed by atoms with E-state index in [4.69, 9.17) is 4.74 Å². The van der Waals surface area contributed by atoms with Crippen LogP contribution in [0.5, 0.6) is 0 Å². The van der Waals surface area contributed by atoms with Crippen molar-refractivity contribution in [3.63, 3.8) is 0 Å². The molecule has 0 bridgehead atoms. The summed E-state index contributed by atoms with van der Waals surface area (Å²) in [7, 11) is 0. The number of alkyl halides is 3. The third kappa shape index (κ3) is 5.39. The molecular weight excluding hydrogens is 369 g/mol. The minimum Gasteiger partial charge on any atom is -0.385 e. The van der Waals surface area contributed by atoms with Crippen molar-refractivity contribution in [2.24, 2.45) is 5.92 Å². The van der Waals surface area contributed by atoms with Crippen LogP contribution in [0, 0.1) is 5.92 Å². The zero-order valence-corrected chi connectivity index (χ0v) is 14.9. The fourth-order valence-corrected chi connectivity index (χ4v) is 3.23. The topological polar surface area (TPSA) is 84.9 Å². The van der Waals surface area contributed by atoms with Gasteiger partial charge in [-0.25, -0.2) is 9.59 Å². The third-order valence-electron chi connectivity index (χ3n) is 4.26. The highest BCUT2D eigenvalue weighted by Gasteiger charge is 2.48. The molecule has 4 unspecified atom stereocenters. The second-order valence-electron chi connectivity index (χ2n) is 6.31. The molecule has 10 heteroatoms. The Balaban J connectivity index is 2.25. The fourth-order valence-electron chi connectivity index (χ4n) is 3.23. The number of carbonyl (C=O) groups is 3. The lowest BCUT2D eigenvalue weighted by molar-refractivity contribution is -0.203. The largest absolute Gasteiger partial charge is 0.491 e. The van der Waals surface area contributed by atoms with Gasteiger partial charge in [0.05, 0.1) is 6.61 Å². The van der Waals surface area contributed by atoms with E-state index in [0.717, 1.165) is 0 Å². The smallest absolute Gasteiger partial charge is 0.385 e. The van der Waals surface area contributed by atoms with Crippen LogP contribution in [-0.2, 0) is 23.9 Å². The molecule has 1 amide bonds. The first-order chi connectivity index (χ1) is 12.6. The highest BCUT2D eigenvalue weighted by atomic mass is 19.4. The Kier molecular flexibility index (Phi) is 6.77. The summed E-state index contributed by atoms with van der Waals surface area (Å²) >= 11 is 0. The first-order valence-corrected chi connectivity index (χ1v) is 8.40. The number of carbonyl (C=O) groups excluding carboxylic acids is 3. The van der Waals surface area contributed by atoms with Crippen molar-refractivity contribution in [2.45, 2.75) is 44.8 Å². The molecule has 0 aromatic rings. The lowest BCUT2D eigenvalue weighted by Gasteiger charge is -2.34. The maximum atomic E-state index is 12.4. The number of likely N-dealkylation sites (tertiary alicyclic amines) is 1. The number of nitrogens with one attached hydrogen (secondary N) is 1. The van der Waals surface area contributed by atoms with Crippen molar-refractivity contribution in [1.82, 2.24) is 10.2 Å². The van der Waals surface area contributed by atoms with Crippen LogP contribution in [0.1, 0.15) is 20.3 Å². The van der Waals surface area contributed by atoms with E-state index >= 15 is 0 Å². The summed E-state index contributed by atoms with van der Waals surface area (Å²) in [5.74, 6) is -4.41. The lowest BCUT2D eigenvalue weighted by atomic mass is 10.1. The van der Waals surface area contributed by atoms with Crippen LogP contribution >= 0.6 is 0 Å². The van der Waals surface area contributed by atoms with E-state index in [1.807, 2.05) is 6.08 Å². The van der Waals surface area contributed by atoms with E-state index in [1.54, 1.807) is 25.2 Å². The van der Waals surface area contributed by atoms with Gasteiger partial charge in [0.1, 0.15) is 18.3 Å². The van der Waals surface area contributed by atoms with Crippen molar-refractivity contribution in [3.05, 3.63) is 24.3 Å². The molecule has 0 spiro atoms. The van der Waals surface area contributed by atoms with Gasteiger partial charge >= 0.3 is 18.1 Å². The number of hydrogen-bond acceptors (Lipinski definition) is 6. The molecule has 1 fully saturated rings. The third-order valence-corrected chi connectivity index (χ3v) is 4.26. The Hall–Kier alpha value is -2.20. The van der Waals surface area contributed by atoms with Crippen LogP contribution in [0.3, 0.4) is 0 Å². The van der Waals surface area contributed by atoms with Gasteiger partial charge in [0, 0.05) is 13.5 Å². The van der Waals surface area contributed by atoms with E-state index in [9.17, 15) is 27.6 Å². The van der Waals surface area contributed by atoms with Gasteiger partial charge in [-0.3, -0.25) is 9.69 Å². The maximum Gasteiger partial charge on any atom is 0.491 e. The zero-order valence-electron chi connectivity index (χ0n) is 14.9. The molecule has 150 valence electrons. The molecule has 27 heavy (non-hydrogen) atoms. The highest BCUT2D eigenvalue weighted by molar-refractivity contribution is 5.91. The number of rotatable bonds is 5. The van der Waals surface area contributed by atoms with Gasteiger partial charge in [-0.05, 0) is 19.3 Å². The second-order valence-corrected chi connectivity index (χ2v) is 6.31. The van der Waals surface area contributed by atoms with E-state index in [-0.39, 0.29) is 18.9 Å². The van der Waals surface area contributed by atoms with Gasteiger partial charge in [0.15, 0.2) is 0 Å². The highest BCUT2D eigenvalue weighted by Crippen LogP contribution is 2.30. The van der Waals surface area contributed by atoms with Gasteiger partial charge < -0.3 is 14.8 Å². The Morgan fingerprint density at radius 3 is 2.59 bits per heavy atom. The Morgan fingerprint density at radius 1 is 1.37 bits per heavy atom. The molecule has 2 aliphatic rings. The summed E-state index contributed by atoms with van der Waals surface area (Å²) < 4.78 is 46.8. The van der Waals surface area contributed by atoms with Gasteiger partial charge in [-0.1, -0.05) is 24.3 Å². The van der Waals surface area contributed by atoms with Crippen LogP contribution in [0.4, 0.5) is 13.2 Å². The number of nitrogens with zero attached hydrogens (tertiary/aromatic N) is 1. The number of ether oxygens (including phenoxy) is 2. The van der Waals surface area contributed by atoms with Crippen LogP contribution in [0.2, 0.25) is 0 Å². The molecule has 0 aliphatic carbocycles. The molecule has 2 rings (SSSR count). The number of hydrogen-bond donors (Lipinski definition) is 1. The predicted molar refractivity (Wildman–Crippen MR) is 87.1 cm³/mol. The predicted octanol–water partition coefficient (Wildman–Crippen LogP) is 1.30. The second kappa shape index (κ2) is 8.66. The average Bonchev–Trinajstić information content (AvgIpc) is 3.21. The minimum atomic E-state index is -5.27. The number of halogens is 3. The van der Waals surface area contributed by atoms with Gasteiger partial charge in [0.2, 0.25) is 5.91 Å². The summed E-state index contributed by atoms with van der Waals surface area (Å²) in [4.78, 5) is 36.5. The van der Waals surface area contributed by atoms with Crippen LogP contribution in [0.15, 0.2) is 24.3 Å². The van der Waals surface area contributed by atoms with E-state index in [1.165, 1.54) is 11.8 Å². The monoisotopic (exact) mass is 390 g/mol. The van der Waals surface area contributed by atoms with Crippen molar-refractivity contribution in [1.29, 1.82) is 0 Å². The standard InChI is InChI=1S/C17H21F3N2O5/c1-3-5-11-8-12(15(24)27-16(25)17(18,19)20)22(9-11)14(21-10(2)23)13-6-4-7-26-13/h3-6,11-14H,7-9H2,1-2H3,(H,21,23)/b5-3-. The SMILES string of the molecule is C/C=C\C1CC(C(=O)OC(=O)C(F)(F)F)N(C(NC(C)=O)C2C=CCO2)C1. The zero-order chi connectivity index (χ0) is 20.2. The average molecular weight is 390 g/mol. The van der Waals surface area contributed by atoms with Gasteiger partial charge in [0.25, 0.3) is 0 Å². The van der Waals surface area contributed by atoms with Crippen molar-refractivity contribution < 1.29 is 37.0 Å². The van der Waals surface area contributed by atoms with E-state index in [0.29, 0.717) is 6.61 Å². The molecule has 7 nitrogen and oxygen atoms in total. The van der Waals surface area contributed by atoms with Gasteiger partial charge in [-0.2, -0.15) is 13.2 Å². The van der Waals surface area contributed by atoms with E-state index in [2.05, 4.69) is 10.1 Å².